The first-order chi connectivity index (χ1) is 9.28. The van der Waals surface area contributed by atoms with E-state index in [1.165, 1.54) is 13.0 Å². The van der Waals surface area contributed by atoms with Crippen LogP contribution in [0.4, 0.5) is 5.82 Å². The first-order valence-electron chi connectivity index (χ1n) is 7.31. The molecule has 1 aliphatic heterocycles. The number of aromatic nitrogens is 2. The fourth-order valence-corrected chi connectivity index (χ4v) is 2.79. The van der Waals surface area contributed by atoms with Crippen LogP contribution in [0.25, 0.3) is 0 Å². The minimum Gasteiger partial charge on any atom is -0.365 e. The van der Waals surface area contributed by atoms with Gasteiger partial charge in [-0.1, -0.05) is 6.92 Å². The van der Waals surface area contributed by atoms with Gasteiger partial charge in [-0.25, -0.2) is 4.98 Å². The van der Waals surface area contributed by atoms with Gasteiger partial charge in [0.1, 0.15) is 0 Å². The van der Waals surface area contributed by atoms with Gasteiger partial charge in [-0.3, -0.25) is 4.79 Å². The summed E-state index contributed by atoms with van der Waals surface area (Å²) in [7, 11) is 0. The van der Waals surface area contributed by atoms with Crippen molar-refractivity contribution in [3.05, 3.63) is 22.7 Å². The molecule has 19 heavy (non-hydrogen) atoms. The van der Waals surface area contributed by atoms with Gasteiger partial charge in [0, 0.05) is 31.5 Å². The zero-order chi connectivity index (χ0) is 13.2. The lowest BCUT2D eigenvalue weighted by molar-refractivity contribution is 0.345. The maximum absolute atomic E-state index is 12.2. The number of nitrogens with one attached hydrogen (secondary N) is 1. The predicted molar refractivity (Wildman–Crippen MR) is 75.5 cm³/mol. The third-order valence-electron chi connectivity index (χ3n) is 4.18. The molecule has 1 aromatic rings. The van der Waals surface area contributed by atoms with Crippen LogP contribution in [0.3, 0.4) is 0 Å². The molecule has 2 aliphatic rings. The molecule has 1 aromatic heterocycles. The Bertz CT molecular complexity index is 494. The number of rotatable bonds is 5. The lowest BCUT2D eigenvalue weighted by Gasteiger charge is -2.14. The van der Waals surface area contributed by atoms with E-state index in [1.54, 1.807) is 12.4 Å². The molecule has 0 amide bonds. The Morgan fingerprint density at radius 2 is 2.26 bits per heavy atom. The van der Waals surface area contributed by atoms with Crippen LogP contribution in [0.15, 0.2) is 17.2 Å². The van der Waals surface area contributed by atoms with E-state index in [4.69, 9.17) is 0 Å². The standard InChI is InChI=1S/C14H22N4O/c1-2-17-7-5-11(10-17)9-16-13-14(19)18(8-6-15-13)12-3-4-12/h6,8,11-12H,2-5,7,9-10H2,1H3,(H,15,16). The van der Waals surface area contributed by atoms with Crippen LogP contribution >= 0.6 is 0 Å². The van der Waals surface area contributed by atoms with E-state index >= 15 is 0 Å². The van der Waals surface area contributed by atoms with Crippen LogP contribution in [-0.2, 0) is 0 Å². The molecule has 1 saturated carbocycles. The second-order valence-corrected chi connectivity index (χ2v) is 5.65. The van der Waals surface area contributed by atoms with Gasteiger partial charge < -0.3 is 14.8 Å². The highest BCUT2D eigenvalue weighted by Gasteiger charge is 2.26. The minimum absolute atomic E-state index is 0.0374. The van der Waals surface area contributed by atoms with Gasteiger partial charge in [-0.2, -0.15) is 0 Å². The summed E-state index contributed by atoms with van der Waals surface area (Å²) in [5.41, 5.74) is 0.0374. The number of hydrogen-bond donors (Lipinski definition) is 1. The van der Waals surface area contributed by atoms with E-state index < -0.39 is 0 Å². The number of anilines is 1. The molecule has 104 valence electrons. The van der Waals surface area contributed by atoms with E-state index in [2.05, 4.69) is 22.1 Å². The Hall–Kier alpha value is -1.36. The molecule has 0 aromatic carbocycles. The second kappa shape index (κ2) is 5.33. The zero-order valence-corrected chi connectivity index (χ0v) is 11.5. The Labute approximate surface area is 113 Å². The molecule has 5 heteroatoms. The summed E-state index contributed by atoms with van der Waals surface area (Å²) in [5.74, 6) is 1.15. The van der Waals surface area contributed by atoms with Crippen LogP contribution < -0.4 is 10.9 Å². The van der Waals surface area contributed by atoms with Gasteiger partial charge in [-0.15, -0.1) is 0 Å². The molecule has 1 aliphatic carbocycles. The topological polar surface area (TPSA) is 50.2 Å². The Morgan fingerprint density at radius 1 is 1.42 bits per heavy atom. The maximum Gasteiger partial charge on any atom is 0.293 e. The van der Waals surface area contributed by atoms with Gasteiger partial charge in [0.05, 0.1) is 0 Å². The van der Waals surface area contributed by atoms with Crippen LogP contribution in [-0.4, -0.2) is 40.6 Å². The highest BCUT2D eigenvalue weighted by Crippen LogP contribution is 2.33. The van der Waals surface area contributed by atoms with Gasteiger partial charge in [0.2, 0.25) is 0 Å². The average molecular weight is 262 g/mol. The molecule has 0 spiro atoms. The summed E-state index contributed by atoms with van der Waals surface area (Å²) in [6.45, 7) is 6.48. The Kier molecular flexibility index (Phi) is 3.55. The van der Waals surface area contributed by atoms with Crippen LogP contribution in [0.2, 0.25) is 0 Å². The molecule has 2 heterocycles. The summed E-state index contributed by atoms with van der Waals surface area (Å²) in [6, 6.07) is 0.415. The van der Waals surface area contributed by atoms with Crippen LogP contribution in [0, 0.1) is 5.92 Å². The van der Waals surface area contributed by atoms with Crippen LogP contribution in [0.5, 0.6) is 0 Å². The van der Waals surface area contributed by atoms with Crippen molar-refractivity contribution in [1.29, 1.82) is 0 Å². The van der Waals surface area contributed by atoms with Gasteiger partial charge >= 0.3 is 0 Å². The van der Waals surface area contributed by atoms with Crippen molar-refractivity contribution in [2.75, 3.05) is 31.5 Å². The van der Waals surface area contributed by atoms with Gasteiger partial charge in [-0.05, 0) is 38.3 Å². The van der Waals surface area contributed by atoms with E-state index in [-0.39, 0.29) is 5.56 Å². The molecular formula is C14H22N4O. The quantitative estimate of drug-likeness (QED) is 0.870. The Morgan fingerprint density at radius 3 is 2.95 bits per heavy atom. The summed E-state index contributed by atoms with van der Waals surface area (Å²) in [5, 5.41) is 3.25. The first kappa shape index (κ1) is 12.7. The number of likely N-dealkylation sites (tertiary alicyclic amines) is 1. The Balaban J connectivity index is 1.61. The minimum atomic E-state index is 0.0374. The lowest BCUT2D eigenvalue weighted by Crippen LogP contribution is -2.27. The SMILES string of the molecule is CCN1CCC(CNc2nccn(C3CC3)c2=O)C1. The average Bonchev–Trinajstić information content (AvgIpc) is 3.16. The number of nitrogens with zero attached hydrogens (tertiary/aromatic N) is 3. The van der Waals surface area contributed by atoms with Crippen molar-refractivity contribution >= 4 is 5.82 Å². The van der Waals surface area contributed by atoms with Crippen molar-refractivity contribution in [3.63, 3.8) is 0 Å². The summed E-state index contributed by atoms with van der Waals surface area (Å²) in [6.07, 6.45) is 6.99. The van der Waals surface area contributed by atoms with Crippen molar-refractivity contribution in [3.8, 4) is 0 Å². The maximum atomic E-state index is 12.2. The van der Waals surface area contributed by atoms with Crippen molar-refractivity contribution in [2.45, 2.75) is 32.2 Å². The summed E-state index contributed by atoms with van der Waals surface area (Å²) >= 11 is 0. The largest absolute Gasteiger partial charge is 0.365 e. The molecule has 1 saturated heterocycles. The van der Waals surface area contributed by atoms with E-state index in [0.29, 0.717) is 17.8 Å². The second-order valence-electron chi connectivity index (χ2n) is 5.65. The van der Waals surface area contributed by atoms with Crippen molar-refractivity contribution < 1.29 is 0 Å². The van der Waals surface area contributed by atoms with E-state index in [0.717, 1.165) is 32.5 Å². The van der Waals surface area contributed by atoms with Gasteiger partial charge in [0.15, 0.2) is 5.82 Å². The molecular weight excluding hydrogens is 240 g/mol. The zero-order valence-electron chi connectivity index (χ0n) is 11.5. The molecule has 0 bridgehead atoms. The normalized spacial score (nSPS) is 23.7. The lowest BCUT2D eigenvalue weighted by atomic mass is 10.1. The smallest absolute Gasteiger partial charge is 0.293 e. The molecule has 5 nitrogen and oxygen atoms in total. The summed E-state index contributed by atoms with van der Waals surface area (Å²) < 4.78 is 1.82. The van der Waals surface area contributed by atoms with E-state index in [1.807, 2.05) is 4.57 Å². The highest BCUT2D eigenvalue weighted by atomic mass is 16.1. The van der Waals surface area contributed by atoms with E-state index in [9.17, 15) is 4.79 Å². The fraction of sp³-hybridized carbons (Fsp3) is 0.714. The fourth-order valence-electron chi connectivity index (χ4n) is 2.79. The third-order valence-corrected chi connectivity index (χ3v) is 4.18. The third kappa shape index (κ3) is 2.81. The van der Waals surface area contributed by atoms with Crippen molar-refractivity contribution in [2.24, 2.45) is 5.92 Å². The predicted octanol–water partition coefficient (Wildman–Crippen LogP) is 1.33. The number of hydrogen-bond acceptors (Lipinski definition) is 4. The molecule has 2 fully saturated rings. The molecule has 3 rings (SSSR count). The van der Waals surface area contributed by atoms with Gasteiger partial charge in [0.25, 0.3) is 5.56 Å². The summed E-state index contributed by atoms with van der Waals surface area (Å²) in [4.78, 5) is 18.8. The van der Waals surface area contributed by atoms with Crippen LogP contribution in [0.1, 0.15) is 32.2 Å². The highest BCUT2D eigenvalue weighted by molar-refractivity contribution is 5.31. The van der Waals surface area contributed by atoms with Crippen molar-refractivity contribution in [1.82, 2.24) is 14.5 Å². The molecule has 1 unspecified atom stereocenters. The molecule has 1 N–H and O–H groups in total. The molecule has 1 atom stereocenters. The first-order valence-corrected chi connectivity index (χ1v) is 7.31. The molecule has 0 radical (unpaired) electrons. The monoisotopic (exact) mass is 262 g/mol.